The number of aryl methyl sites for hydroxylation is 2. The summed E-state index contributed by atoms with van der Waals surface area (Å²) in [5.41, 5.74) is 3.24. The van der Waals surface area contributed by atoms with Crippen LogP contribution in [0.2, 0.25) is 10.0 Å². The summed E-state index contributed by atoms with van der Waals surface area (Å²) in [6.07, 6.45) is 0. The summed E-state index contributed by atoms with van der Waals surface area (Å²) in [4.78, 5) is 0. The van der Waals surface area contributed by atoms with Crippen molar-refractivity contribution in [1.29, 1.82) is 0 Å². The lowest BCUT2D eigenvalue weighted by Gasteiger charge is -2.09. The van der Waals surface area contributed by atoms with E-state index in [1.165, 1.54) is 11.1 Å². The monoisotopic (exact) mass is 407 g/mol. The van der Waals surface area contributed by atoms with Gasteiger partial charge in [-0.2, -0.15) is 0 Å². The fourth-order valence-electron chi connectivity index (χ4n) is 2.57. The Hall–Kier alpha value is -1.69. The number of thioether (sulfide) groups is 1. The van der Waals surface area contributed by atoms with E-state index in [1.54, 1.807) is 11.8 Å². The molecule has 26 heavy (non-hydrogen) atoms. The topological polar surface area (TPSA) is 39.9 Å². The first-order valence-corrected chi connectivity index (χ1v) is 9.83. The zero-order valence-corrected chi connectivity index (χ0v) is 17.1. The highest BCUT2D eigenvalue weighted by atomic mass is 35.5. The Balaban J connectivity index is 1.66. The number of ether oxygens (including phenoxy) is 1. The van der Waals surface area contributed by atoms with Gasteiger partial charge in [0.15, 0.2) is 11.0 Å². The van der Waals surface area contributed by atoms with Gasteiger partial charge in [-0.15, -0.1) is 10.2 Å². The molecule has 3 rings (SSSR count). The number of rotatable bonds is 6. The SMILES string of the molecule is Cc1cc(C)cc(OCc2nnc(SCc3c(Cl)cccc3Cl)n2C)c1. The van der Waals surface area contributed by atoms with Crippen molar-refractivity contribution in [2.24, 2.45) is 7.05 Å². The number of halogens is 2. The molecule has 0 amide bonds. The molecular weight excluding hydrogens is 389 g/mol. The minimum atomic E-state index is 0.361. The van der Waals surface area contributed by atoms with E-state index in [4.69, 9.17) is 27.9 Å². The molecule has 3 aromatic rings. The van der Waals surface area contributed by atoms with Crippen molar-refractivity contribution >= 4 is 35.0 Å². The summed E-state index contributed by atoms with van der Waals surface area (Å²) < 4.78 is 7.80. The van der Waals surface area contributed by atoms with Crippen LogP contribution < -0.4 is 4.74 Å². The number of aromatic nitrogens is 3. The molecule has 0 spiro atoms. The maximum atomic E-state index is 6.22. The number of hydrogen-bond acceptors (Lipinski definition) is 4. The molecule has 4 nitrogen and oxygen atoms in total. The van der Waals surface area contributed by atoms with Crippen molar-refractivity contribution in [3.63, 3.8) is 0 Å². The van der Waals surface area contributed by atoms with Crippen molar-refractivity contribution < 1.29 is 4.74 Å². The van der Waals surface area contributed by atoms with Gasteiger partial charge in [0, 0.05) is 22.8 Å². The lowest BCUT2D eigenvalue weighted by atomic mass is 10.1. The van der Waals surface area contributed by atoms with Gasteiger partial charge in [-0.3, -0.25) is 0 Å². The molecule has 136 valence electrons. The molecule has 1 heterocycles. The maximum absolute atomic E-state index is 6.22. The molecule has 0 bridgehead atoms. The molecule has 0 atom stereocenters. The van der Waals surface area contributed by atoms with Crippen molar-refractivity contribution in [2.75, 3.05) is 0 Å². The quantitative estimate of drug-likeness (QED) is 0.497. The smallest absolute Gasteiger partial charge is 0.191 e. The zero-order valence-electron chi connectivity index (χ0n) is 14.8. The van der Waals surface area contributed by atoms with Crippen LogP contribution in [-0.2, 0) is 19.4 Å². The predicted octanol–water partition coefficient (Wildman–Crippen LogP) is 5.61. The summed E-state index contributed by atoms with van der Waals surface area (Å²) in [7, 11) is 1.93. The van der Waals surface area contributed by atoms with Crippen LogP contribution in [-0.4, -0.2) is 14.8 Å². The first-order valence-electron chi connectivity index (χ1n) is 8.09. The average Bonchev–Trinajstić information content (AvgIpc) is 2.92. The predicted molar refractivity (Wildman–Crippen MR) is 107 cm³/mol. The fourth-order valence-corrected chi connectivity index (χ4v) is 4.24. The molecular formula is C19H19Cl2N3OS. The van der Waals surface area contributed by atoms with Gasteiger partial charge in [0.25, 0.3) is 0 Å². The molecule has 0 aliphatic rings. The van der Waals surface area contributed by atoms with Crippen LogP contribution in [0.5, 0.6) is 5.75 Å². The summed E-state index contributed by atoms with van der Waals surface area (Å²) in [5.74, 6) is 2.22. The van der Waals surface area contributed by atoms with Crippen molar-refractivity contribution in [1.82, 2.24) is 14.8 Å². The van der Waals surface area contributed by atoms with Gasteiger partial charge in [0.2, 0.25) is 0 Å². The van der Waals surface area contributed by atoms with Gasteiger partial charge in [-0.05, 0) is 54.8 Å². The molecule has 2 aromatic carbocycles. The number of nitrogens with zero attached hydrogens (tertiary/aromatic N) is 3. The second kappa shape index (κ2) is 8.33. The second-order valence-electron chi connectivity index (χ2n) is 6.06. The maximum Gasteiger partial charge on any atom is 0.191 e. The summed E-state index contributed by atoms with van der Waals surface area (Å²) >= 11 is 14.0. The molecule has 0 radical (unpaired) electrons. The van der Waals surface area contributed by atoms with Gasteiger partial charge in [0.05, 0.1) is 0 Å². The molecule has 0 aliphatic carbocycles. The van der Waals surface area contributed by atoms with Crippen LogP contribution in [0.25, 0.3) is 0 Å². The third kappa shape index (κ3) is 4.53. The van der Waals surface area contributed by atoms with Crippen LogP contribution in [0.4, 0.5) is 0 Å². The highest BCUT2D eigenvalue weighted by Crippen LogP contribution is 2.31. The van der Waals surface area contributed by atoms with Crippen LogP contribution in [0, 0.1) is 13.8 Å². The molecule has 0 fully saturated rings. The second-order valence-corrected chi connectivity index (χ2v) is 7.82. The normalized spacial score (nSPS) is 11.0. The third-order valence-corrected chi connectivity index (χ3v) is 5.65. The third-order valence-electron chi connectivity index (χ3n) is 3.90. The molecule has 1 aromatic heterocycles. The van der Waals surface area contributed by atoms with E-state index in [9.17, 15) is 0 Å². The van der Waals surface area contributed by atoms with Crippen LogP contribution in [0.15, 0.2) is 41.6 Å². The molecule has 0 N–H and O–H groups in total. The number of hydrogen-bond donors (Lipinski definition) is 0. The first-order chi connectivity index (χ1) is 12.4. The lowest BCUT2D eigenvalue weighted by molar-refractivity contribution is 0.290. The minimum absolute atomic E-state index is 0.361. The summed E-state index contributed by atoms with van der Waals surface area (Å²) in [6.45, 7) is 4.47. The molecule has 0 unspecified atom stereocenters. The van der Waals surface area contributed by atoms with E-state index < -0.39 is 0 Å². The van der Waals surface area contributed by atoms with E-state index in [0.717, 1.165) is 22.3 Å². The van der Waals surface area contributed by atoms with Gasteiger partial charge in [0.1, 0.15) is 12.4 Å². The molecule has 0 saturated carbocycles. The summed E-state index contributed by atoms with van der Waals surface area (Å²) in [6, 6.07) is 11.6. The van der Waals surface area contributed by atoms with Crippen molar-refractivity contribution in [3.05, 3.63) is 69.0 Å². The van der Waals surface area contributed by atoms with Gasteiger partial charge in [-0.25, -0.2) is 0 Å². The van der Waals surface area contributed by atoms with Crippen molar-refractivity contribution in [3.8, 4) is 5.75 Å². The molecule has 0 aliphatic heterocycles. The zero-order chi connectivity index (χ0) is 18.7. The van der Waals surface area contributed by atoms with Crippen LogP contribution in [0.3, 0.4) is 0 Å². The van der Waals surface area contributed by atoms with Crippen LogP contribution >= 0.6 is 35.0 Å². The largest absolute Gasteiger partial charge is 0.486 e. The van der Waals surface area contributed by atoms with E-state index in [1.807, 2.05) is 41.9 Å². The first kappa shape index (κ1) is 19.1. The molecule has 7 heteroatoms. The fraction of sp³-hybridized carbons (Fsp3) is 0.263. The lowest BCUT2D eigenvalue weighted by Crippen LogP contribution is -2.04. The summed E-state index contributed by atoms with van der Waals surface area (Å²) in [5, 5.41) is 10.6. The Bertz CT molecular complexity index is 887. The average molecular weight is 408 g/mol. The van der Waals surface area contributed by atoms with E-state index in [-0.39, 0.29) is 0 Å². The minimum Gasteiger partial charge on any atom is -0.486 e. The Morgan fingerprint density at radius 2 is 1.69 bits per heavy atom. The highest BCUT2D eigenvalue weighted by molar-refractivity contribution is 7.98. The van der Waals surface area contributed by atoms with E-state index >= 15 is 0 Å². The highest BCUT2D eigenvalue weighted by Gasteiger charge is 2.12. The Morgan fingerprint density at radius 1 is 1.04 bits per heavy atom. The van der Waals surface area contributed by atoms with E-state index in [2.05, 4.69) is 30.1 Å². The Kier molecular flexibility index (Phi) is 6.12. The van der Waals surface area contributed by atoms with Gasteiger partial charge < -0.3 is 9.30 Å². The van der Waals surface area contributed by atoms with Crippen molar-refractivity contribution in [2.45, 2.75) is 31.4 Å². The Labute approximate surface area is 167 Å². The van der Waals surface area contributed by atoms with Gasteiger partial charge >= 0.3 is 0 Å². The Morgan fingerprint density at radius 3 is 2.35 bits per heavy atom. The number of benzene rings is 2. The van der Waals surface area contributed by atoms with Crippen LogP contribution in [0.1, 0.15) is 22.5 Å². The molecule has 0 saturated heterocycles. The van der Waals surface area contributed by atoms with Gasteiger partial charge in [-0.1, -0.05) is 47.1 Å². The van der Waals surface area contributed by atoms with E-state index in [0.29, 0.717) is 22.4 Å². The standard InChI is InChI=1S/C19H19Cl2N3OS/c1-12-7-13(2)9-14(8-12)25-10-18-22-23-19(24(18)3)26-11-15-16(20)5-4-6-17(15)21/h4-9H,10-11H2,1-3H3.